The maximum Gasteiger partial charge on any atom is 0.295 e. The third-order valence-electron chi connectivity index (χ3n) is 5.53. The second-order valence-corrected chi connectivity index (χ2v) is 7.68. The lowest BCUT2D eigenvalue weighted by Gasteiger charge is -2.25. The second kappa shape index (κ2) is 9.99. The summed E-state index contributed by atoms with van der Waals surface area (Å²) in [5.41, 5.74) is 1.30. The van der Waals surface area contributed by atoms with Gasteiger partial charge in [-0.3, -0.25) is 9.59 Å². The molecule has 2 heterocycles. The first-order valence-corrected chi connectivity index (χ1v) is 10.7. The molecule has 1 fully saturated rings. The molecule has 3 aromatic rings. The summed E-state index contributed by atoms with van der Waals surface area (Å²) < 4.78 is 7.47. The average molecular weight is 444 g/mol. The van der Waals surface area contributed by atoms with E-state index in [0.717, 1.165) is 5.56 Å². The zero-order chi connectivity index (χ0) is 23.2. The van der Waals surface area contributed by atoms with Crippen molar-refractivity contribution >= 4 is 17.4 Å². The minimum Gasteiger partial charge on any atom is -0.507 e. The Morgan fingerprint density at radius 3 is 2.52 bits per heavy atom. The molecular formula is C26H25N3O4. The normalized spacial score (nSPS) is 17.3. The van der Waals surface area contributed by atoms with Gasteiger partial charge in [0.15, 0.2) is 0 Å². The lowest BCUT2D eigenvalue weighted by atomic mass is 9.95. The number of ether oxygens (including phenoxy) is 1. The molecule has 1 amide bonds. The largest absolute Gasteiger partial charge is 0.507 e. The molecule has 1 atom stereocenters. The van der Waals surface area contributed by atoms with E-state index in [-0.39, 0.29) is 11.3 Å². The maximum atomic E-state index is 13.1. The highest BCUT2D eigenvalue weighted by Crippen LogP contribution is 2.39. The fraction of sp³-hybridized carbons (Fsp3) is 0.192. The Morgan fingerprint density at radius 2 is 1.85 bits per heavy atom. The highest BCUT2D eigenvalue weighted by atomic mass is 16.5. The van der Waals surface area contributed by atoms with E-state index in [4.69, 9.17) is 4.74 Å². The zero-order valence-corrected chi connectivity index (χ0v) is 18.1. The first-order valence-electron chi connectivity index (χ1n) is 10.7. The van der Waals surface area contributed by atoms with Gasteiger partial charge < -0.3 is 19.3 Å². The van der Waals surface area contributed by atoms with Crippen LogP contribution in [0.15, 0.2) is 91.5 Å². The van der Waals surface area contributed by atoms with E-state index in [1.807, 2.05) is 29.0 Å². The minimum atomic E-state index is -0.693. The second-order valence-electron chi connectivity index (χ2n) is 7.68. The van der Waals surface area contributed by atoms with Crippen LogP contribution in [-0.4, -0.2) is 44.4 Å². The number of hydrogen-bond acceptors (Lipinski definition) is 5. The molecule has 168 valence electrons. The molecule has 0 spiro atoms. The monoisotopic (exact) mass is 443 g/mol. The fourth-order valence-electron chi connectivity index (χ4n) is 3.95. The van der Waals surface area contributed by atoms with Gasteiger partial charge in [0.2, 0.25) is 0 Å². The number of benzene rings is 2. The minimum absolute atomic E-state index is 0.0913. The van der Waals surface area contributed by atoms with Gasteiger partial charge in [0.05, 0.1) is 17.9 Å². The molecule has 1 aromatic heterocycles. The van der Waals surface area contributed by atoms with Gasteiger partial charge in [0, 0.05) is 31.0 Å². The molecule has 1 unspecified atom stereocenters. The lowest BCUT2D eigenvalue weighted by Crippen LogP contribution is -2.31. The van der Waals surface area contributed by atoms with Gasteiger partial charge in [-0.05, 0) is 24.1 Å². The van der Waals surface area contributed by atoms with Crippen molar-refractivity contribution in [3.05, 3.63) is 103 Å². The van der Waals surface area contributed by atoms with Crippen LogP contribution in [0.3, 0.4) is 0 Å². The van der Waals surface area contributed by atoms with Gasteiger partial charge in [0.25, 0.3) is 11.7 Å². The third kappa shape index (κ3) is 4.72. The van der Waals surface area contributed by atoms with Crippen LogP contribution >= 0.6 is 0 Å². The van der Waals surface area contributed by atoms with Gasteiger partial charge in [0.1, 0.15) is 18.1 Å². The number of Topliss-reactive ketones (excluding diaryl/α,β-unsaturated/α-hetero) is 1. The molecule has 1 saturated heterocycles. The van der Waals surface area contributed by atoms with Crippen molar-refractivity contribution in [2.75, 3.05) is 13.2 Å². The van der Waals surface area contributed by atoms with Crippen molar-refractivity contribution in [3.63, 3.8) is 0 Å². The van der Waals surface area contributed by atoms with Crippen LogP contribution in [0.1, 0.15) is 23.6 Å². The maximum absolute atomic E-state index is 13.1. The summed E-state index contributed by atoms with van der Waals surface area (Å²) >= 11 is 0. The molecule has 1 N–H and O–H groups in total. The van der Waals surface area contributed by atoms with Crippen molar-refractivity contribution in [2.24, 2.45) is 0 Å². The first-order chi connectivity index (χ1) is 16.1. The number of carbonyl (C=O) groups is 2. The van der Waals surface area contributed by atoms with E-state index in [2.05, 4.69) is 11.6 Å². The number of aryl methyl sites for hydroxylation is 1. The van der Waals surface area contributed by atoms with Crippen LogP contribution in [0.4, 0.5) is 0 Å². The van der Waals surface area contributed by atoms with E-state index in [1.54, 1.807) is 55.0 Å². The number of carbonyl (C=O) groups excluding carboxylic acids is 2. The summed E-state index contributed by atoms with van der Waals surface area (Å²) in [6, 6.07) is 15.3. The Kier molecular flexibility index (Phi) is 6.69. The standard InChI is InChI=1S/C26H25N3O4/c1-2-17-33-21-11-9-19(10-12-21)23-22(24(30)20-7-4-3-5-8-20)25(31)26(32)29(23)15-6-14-28-16-13-27-18-28/h2-5,7-13,16,18,23,30H,1,6,14-15,17H2/b24-22-. The summed E-state index contributed by atoms with van der Waals surface area (Å²) in [7, 11) is 0. The van der Waals surface area contributed by atoms with Gasteiger partial charge >= 0.3 is 0 Å². The Balaban J connectivity index is 1.69. The molecule has 0 aliphatic carbocycles. The number of rotatable bonds is 9. The van der Waals surface area contributed by atoms with Crippen LogP contribution in [0.5, 0.6) is 5.75 Å². The highest BCUT2D eigenvalue weighted by Gasteiger charge is 2.45. The molecular weight excluding hydrogens is 418 g/mol. The predicted octanol–water partition coefficient (Wildman–Crippen LogP) is 3.96. The molecule has 7 nitrogen and oxygen atoms in total. The number of likely N-dealkylation sites (tertiary alicyclic amines) is 1. The lowest BCUT2D eigenvalue weighted by molar-refractivity contribution is -0.139. The Hall–Kier alpha value is -4.13. The number of amides is 1. The SMILES string of the molecule is C=CCOc1ccc(C2/C(=C(/O)c3ccccc3)C(=O)C(=O)N2CCCn2ccnc2)cc1. The van der Waals surface area contributed by atoms with Crippen LogP contribution in [0.2, 0.25) is 0 Å². The topological polar surface area (TPSA) is 84.7 Å². The molecule has 1 aliphatic heterocycles. The Morgan fingerprint density at radius 1 is 1.09 bits per heavy atom. The molecule has 1 aliphatic rings. The van der Waals surface area contributed by atoms with E-state index < -0.39 is 17.7 Å². The Labute approximate surface area is 192 Å². The van der Waals surface area contributed by atoms with Crippen LogP contribution in [-0.2, 0) is 16.1 Å². The van der Waals surface area contributed by atoms with Gasteiger partial charge in [-0.15, -0.1) is 0 Å². The Bertz CT molecular complexity index is 1150. The van der Waals surface area contributed by atoms with Gasteiger partial charge in [-0.1, -0.05) is 55.1 Å². The van der Waals surface area contributed by atoms with Gasteiger partial charge in [-0.25, -0.2) is 4.98 Å². The van der Waals surface area contributed by atoms with Crippen LogP contribution in [0.25, 0.3) is 5.76 Å². The van der Waals surface area contributed by atoms with E-state index in [0.29, 0.717) is 37.4 Å². The van der Waals surface area contributed by atoms with E-state index >= 15 is 0 Å². The van der Waals surface area contributed by atoms with Crippen molar-refractivity contribution in [1.29, 1.82) is 0 Å². The molecule has 0 radical (unpaired) electrons. The van der Waals surface area contributed by atoms with Gasteiger partial charge in [-0.2, -0.15) is 0 Å². The third-order valence-corrected chi connectivity index (χ3v) is 5.53. The van der Waals surface area contributed by atoms with Crippen molar-refractivity contribution in [2.45, 2.75) is 19.0 Å². The van der Waals surface area contributed by atoms with E-state index in [1.165, 1.54) is 4.90 Å². The number of ketones is 1. The number of aliphatic hydroxyl groups excluding tert-OH is 1. The summed E-state index contributed by atoms with van der Waals surface area (Å²) in [6.07, 6.45) is 7.54. The molecule has 4 rings (SSSR count). The van der Waals surface area contributed by atoms with Crippen LogP contribution in [0, 0.1) is 0 Å². The fourth-order valence-corrected chi connectivity index (χ4v) is 3.95. The quantitative estimate of drug-likeness (QED) is 0.234. The number of imidazole rings is 1. The molecule has 2 aromatic carbocycles. The molecule has 33 heavy (non-hydrogen) atoms. The van der Waals surface area contributed by atoms with E-state index in [9.17, 15) is 14.7 Å². The number of aliphatic hydroxyl groups is 1. The number of hydrogen-bond donors (Lipinski definition) is 1. The van der Waals surface area contributed by atoms with Crippen molar-refractivity contribution in [3.8, 4) is 5.75 Å². The van der Waals surface area contributed by atoms with Crippen molar-refractivity contribution < 1.29 is 19.4 Å². The zero-order valence-electron chi connectivity index (χ0n) is 18.1. The summed E-state index contributed by atoms with van der Waals surface area (Å²) in [5.74, 6) is -0.826. The number of aromatic nitrogens is 2. The summed E-state index contributed by atoms with van der Waals surface area (Å²) in [5, 5.41) is 11.0. The average Bonchev–Trinajstić information content (AvgIpc) is 3.45. The molecule has 0 saturated carbocycles. The summed E-state index contributed by atoms with van der Waals surface area (Å²) in [6.45, 7) is 5.03. The number of nitrogens with zero attached hydrogens (tertiary/aromatic N) is 3. The van der Waals surface area contributed by atoms with Crippen LogP contribution < -0.4 is 4.74 Å². The van der Waals surface area contributed by atoms with Crippen molar-refractivity contribution in [1.82, 2.24) is 14.5 Å². The predicted molar refractivity (Wildman–Crippen MR) is 124 cm³/mol. The smallest absolute Gasteiger partial charge is 0.295 e. The summed E-state index contributed by atoms with van der Waals surface area (Å²) in [4.78, 5) is 31.6. The molecule has 7 heteroatoms. The highest BCUT2D eigenvalue weighted by molar-refractivity contribution is 6.46. The first kappa shape index (κ1) is 22.1. The molecule has 0 bridgehead atoms.